The highest BCUT2D eigenvalue weighted by atomic mass is 19.1. The van der Waals surface area contributed by atoms with Crippen molar-refractivity contribution in [3.05, 3.63) is 136 Å². The molecule has 1 aliphatic rings. The fourth-order valence-electron chi connectivity index (χ4n) is 6.50. The largest absolute Gasteiger partial charge is 0.309 e. The van der Waals surface area contributed by atoms with Crippen LogP contribution in [0, 0.1) is 19.7 Å². The summed E-state index contributed by atoms with van der Waals surface area (Å²) in [6.07, 6.45) is 0. The molecule has 6 aromatic rings. The van der Waals surface area contributed by atoms with E-state index in [1.54, 1.807) is 6.07 Å². The number of rotatable bonds is 2. The lowest BCUT2D eigenvalue weighted by atomic mass is 9.68. The van der Waals surface area contributed by atoms with Gasteiger partial charge in [-0.2, -0.15) is 0 Å². The highest BCUT2D eigenvalue weighted by Crippen LogP contribution is 2.43. The maximum atomic E-state index is 14.2. The summed E-state index contributed by atoms with van der Waals surface area (Å²) >= 11 is 0. The van der Waals surface area contributed by atoms with Crippen molar-refractivity contribution >= 4 is 27.6 Å². The highest BCUT2D eigenvalue weighted by Gasteiger charge is 2.37. The monoisotopic (exact) mass is 509 g/mol. The molecule has 190 valence electrons. The number of fused-ring (bicyclic) bond motifs is 5. The molecule has 0 N–H and O–H groups in total. The van der Waals surface area contributed by atoms with Crippen molar-refractivity contribution in [1.82, 2.24) is 4.57 Å². The average Bonchev–Trinajstić information content (AvgIpc) is 3.29. The molecule has 0 radical (unpaired) electrons. The van der Waals surface area contributed by atoms with Crippen molar-refractivity contribution in [1.29, 1.82) is 0 Å². The molecule has 0 atom stereocenters. The van der Waals surface area contributed by atoms with E-state index in [4.69, 9.17) is 0 Å². The number of hydrogen-bond donors (Lipinski definition) is 0. The van der Waals surface area contributed by atoms with Crippen LogP contribution in [0.3, 0.4) is 0 Å². The molecule has 1 heterocycles. The Morgan fingerprint density at radius 2 is 1.21 bits per heavy atom. The third kappa shape index (κ3) is 3.36. The summed E-state index contributed by atoms with van der Waals surface area (Å²) in [7, 11) is 0. The number of carbonyl (C=O) groups is 1. The third-order valence-corrected chi connectivity index (χ3v) is 8.49. The van der Waals surface area contributed by atoms with Crippen LogP contribution in [0.25, 0.3) is 38.6 Å². The van der Waals surface area contributed by atoms with Crippen LogP contribution >= 0.6 is 0 Å². The lowest BCUT2D eigenvalue weighted by Gasteiger charge is -2.34. The van der Waals surface area contributed by atoms with Crippen LogP contribution in [0.1, 0.15) is 52.0 Å². The average molecular weight is 510 g/mol. The molecule has 3 heteroatoms. The Balaban J connectivity index is 1.43. The second-order valence-electron chi connectivity index (χ2n) is 11.2. The van der Waals surface area contributed by atoms with Gasteiger partial charge in [-0.05, 0) is 83.6 Å². The van der Waals surface area contributed by atoms with E-state index >= 15 is 0 Å². The lowest BCUT2D eigenvalue weighted by molar-refractivity contribution is 0.103. The molecule has 5 aromatic carbocycles. The zero-order chi connectivity index (χ0) is 27.1. The van der Waals surface area contributed by atoms with Crippen LogP contribution in [0.4, 0.5) is 4.39 Å². The van der Waals surface area contributed by atoms with Crippen molar-refractivity contribution in [2.75, 3.05) is 0 Å². The van der Waals surface area contributed by atoms with E-state index < -0.39 is 5.41 Å². The van der Waals surface area contributed by atoms with Gasteiger partial charge < -0.3 is 4.57 Å². The van der Waals surface area contributed by atoms with E-state index in [0.717, 1.165) is 27.9 Å². The number of benzene rings is 5. The van der Waals surface area contributed by atoms with E-state index in [1.807, 2.05) is 12.1 Å². The molecule has 0 saturated carbocycles. The number of halogens is 1. The van der Waals surface area contributed by atoms with Gasteiger partial charge in [0.2, 0.25) is 0 Å². The van der Waals surface area contributed by atoms with Crippen molar-refractivity contribution < 1.29 is 9.18 Å². The zero-order valence-electron chi connectivity index (χ0n) is 22.5. The van der Waals surface area contributed by atoms with E-state index in [-0.39, 0.29) is 11.6 Å². The van der Waals surface area contributed by atoms with Crippen LogP contribution in [0.15, 0.2) is 97.1 Å². The van der Waals surface area contributed by atoms with Crippen molar-refractivity contribution in [2.24, 2.45) is 0 Å². The summed E-state index contributed by atoms with van der Waals surface area (Å²) in [5, 5.41) is 2.50. The van der Waals surface area contributed by atoms with Crippen molar-refractivity contribution in [3.8, 4) is 16.8 Å². The lowest BCUT2D eigenvalue weighted by Crippen LogP contribution is -2.30. The van der Waals surface area contributed by atoms with Crippen molar-refractivity contribution in [3.63, 3.8) is 0 Å². The summed E-state index contributed by atoms with van der Waals surface area (Å²) in [4.78, 5) is 13.4. The zero-order valence-corrected chi connectivity index (χ0v) is 22.5. The molecule has 0 saturated heterocycles. The van der Waals surface area contributed by atoms with Crippen molar-refractivity contribution in [2.45, 2.75) is 33.1 Å². The Morgan fingerprint density at radius 1 is 0.641 bits per heavy atom. The molecule has 1 aliphatic carbocycles. The Bertz CT molecular complexity index is 1930. The summed E-state index contributed by atoms with van der Waals surface area (Å²) in [6.45, 7) is 8.47. The normalized spacial score (nSPS) is 14.0. The quantitative estimate of drug-likeness (QED) is 0.228. The molecule has 39 heavy (non-hydrogen) atoms. The Labute approximate surface area is 227 Å². The maximum absolute atomic E-state index is 14.2. The maximum Gasteiger partial charge on any atom is 0.193 e. The van der Waals surface area contributed by atoms with Gasteiger partial charge in [-0.1, -0.05) is 74.5 Å². The minimum Gasteiger partial charge on any atom is -0.309 e. The van der Waals surface area contributed by atoms with Crippen LogP contribution in [-0.2, 0) is 5.41 Å². The molecule has 0 amide bonds. The first-order valence-electron chi connectivity index (χ1n) is 13.3. The summed E-state index contributed by atoms with van der Waals surface area (Å²) in [6, 6.07) is 32.2. The van der Waals surface area contributed by atoms with Crippen LogP contribution in [0.2, 0.25) is 0 Å². The van der Waals surface area contributed by atoms with Gasteiger partial charge >= 0.3 is 0 Å². The van der Waals surface area contributed by atoms with Gasteiger partial charge in [-0.25, -0.2) is 4.39 Å². The second-order valence-corrected chi connectivity index (χ2v) is 11.2. The highest BCUT2D eigenvalue weighted by molar-refractivity contribution is 6.13. The Morgan fingerprint density at radius 3 is 1.87 bits per heavy atom. The van der Waals surface area contributed by atoms with Crippen LogP contribution in [0.5, 0.6) is 0 Å². The van der Waals surface area contributed by atoms with E-state index in [2.05, 4.69) is 99.0 Å². The first kappa shape index (κ1) is 23.6. The summed E-state index contributed by atoms with van der Waals surface area (Å²) in [5.41, 5.74) is 10.5. The first-order valence-corrected chi connectivity index (χ1v) is 13.3. The molecule has 0 unspecified atom stereocenters. The minimum absolute atomic E-state index is 0.0455. The molecular formula is C36H28FNO. The van der Waals surface area contributed by atoms with E-state index in [9.17, 15) is 9.18 Å². The molecular weight excluding hydrogens is 481 g/mol. The fourth-order valence-corrected chi connectivity index (χ4v) is 6.50. The van der Waals surface area contributed by atoms with Gasteiger partial charge in [-0.3, -0.25) is 4.79 Å². The van der Waals surface area contributed by atoms with Crippen LogP contribution in [-0.4, -0.2) is 10.4 Å². The van der Waals surface area contributed by atoms with Gasteiger partial charge in [0.25, 0.3) is 0 Å². The molecule has 0 bridgehead atoms. The van der Waals surface area contributed by atoms with Gasteiger partial charge in [0.15, 0.2) is 5.78 Å². The van der Waals surface area contributed by atoms with E-state index in [1.165, 1.54) is 45.1 Å². The molecule has 7 rings (SSSR count). The standard InChI is InChI=1S/C36H28FNO/c1-21-8-5-12-27-28-13-6-9-22(2)34(28)38(33(21)27)26-11-7-10-23(18-26)24-14-16-29-31(19-24)36(3,4)32-20-25(37)15-17-30(32)35(29)39/h5-20H,1-4H3. The van der Waals surface area contributed by atoms with Gasteiger partial charge in [-0.15, -0.1) is 0 Å². The van der Waals surface area contributed by atoms with Crippen LogP contribution < -0.4 is 0 Å². The Kier molecular flexibility index (Phi) is 4.99. The number of aromatic nitrogens is 1. The molecule has 0 aliphatic heterocycles. The van der Waals surface area contributed by atoms with Gasteiger partial charge in [0, 0.05) is 33.0 Å². The van der Waals surface area contributed by atoms with Gasteiger partial charge in [0.05, 0.1) is 11.0 Å². The summed E-state index contributed by atoms with van der Waals surface area (Å²) < 4.78 is 16.6. The second kappa shape index (κ2) is 8.25. The molecule has 1 aromatic heterocycles. The number of carbonyl (C=O) groups excluding carboxylic acids is 1. The Hall–Kier alpha value is -4.50. The number of para-hydroxylation sites is 2. The first-order chi connectivity index (χ1) is 18.8. The predicted molar refractivity (Wildman–Crippen MR) is 158 cm³/mol. The number of nitrogens with zero attached hydrogens (tertiary/aromatic N) is 1. The predicted octanol–water partition coefficient (Wildman–Crippen LogP) is 9.08. The smallest absolute Gasteiger partial charge is 0.193 e. The third-order valence-electron chi connectivity index (χ3n) is 8.49. The number of hydrogen-bond acceptors (Lipinski definition) is 1. The topological polar surface area (TPSA) is 22.0 Å². The SMILES string of the molecule is Cc1cccc2c3cccc(C)c3n(-c3cccc(-c4ccc5c(c4)C(C)(C)c4cc(F)ccc4C5=O)c3)c12. The molecule has 2 nitrogen and oxygen atoms in total. The fraction of sp³-hybridized carbons (Fsp3) is 0.139. The minimum atomic E-state index is -0.505. The van der Waals surface area contributed by atoms with E-state index in [0.29, 0.717) is 11.1 Å². The number of ketones is 1. The summed E-state index contributed by atoms with van der Waals surface area (Å²) in [5.74, 6) is -0.366. The van der Waals surface area contributed by atoms with Gasteiger partial charge in [0.1, 0.15) is 5.82 Å². The molecule has 0 spiro atoms. The number of aryl methyl sites for hydroxylation is 2. The molecule has 0 fully saturated rings.